The third-order valence-electron chi connectivity index (χ3n) is 3.86. The van der Waals surface area contributed by atoms with Gasteiger partial charge in [-0.15, -0.1) is 0 Å². The summed E-state index contributed by atoms with van der Waals surface area (Å²) in [6.45, 7) is 6.56. The van der Waals surface area contributed by atoms with Crippen LogP contribution in [0.15, 0.2) is 12.1 Å². The SMILES string of the molecule is CC1CC(=O)[N+](COC(C)(C)C)(Nc2ccc(C(F)(F)F)c(Cl)n2)C1=O. The van der Waals surface area contributed by atoms with E-state index < -0.39 is 44.8 Å². The van der Waals surface area contributed by atoms with E-state index in [9.17, 15) is 22.8 Å². The maximum atomic E-state index is 12.8. The molecule has 2 rings (SSSR count). The van der Waals surface area contributed by atoms with Crippen LogP contribution >= 0.6 is 11.6 Å². The Balaban J connectivity index is 2.38. The van der Waals surface area contributed by atoms with Gasteiger partial charge in [-0.3, -0.25) is 0 Å². The fourth-order valence-corrected chi connectivity index (χ4v) is 2.74. The minimum atomic E-state index is -4.65. The zero-order valence-electron chi connectivity index (χ0n) is 14.8. The molecule has 1 aliphatic heterocycles. The second kappa shape index (κ2) is 6.79. The van der Waals surface area contributed by atoms with Gasteiger partial charge in [0.15, 0.2) is 5.82 Å². The molecular formula is C16H20ClF3N3O3+. The molecule has 1 fully saturated rings. The van der Waals surface area contributed by atoms with Crippen LogP contribution in [0.2, 0.25) is 5.15 Å². The maximum Gasteiger partial charge on any atom is 0.419 e. The van der Waals surface area contributed by atoms with Crippen LogP contribution in [0.5, 0.6) is 0 Å². The first-order chi connectivity index (χ1) is 11.8. The number of nitrogens with one attached hydrogen (secondary N) is 1. The minimum absolute atomic E-state index is 0.00625. The van der Waals surface area contributed by atoms with E-state index in [1.807, 2.05) is 0 Å². The third kappa shape index (κ3) is 4.16. The average molecular weight is 395 g/mol. The lowest BCUT2D eigenvalue weighted by Crippen LogP contribution is -2.59. The van der Waals surface area contributed by atoms with Crippen molar-refractivity contribution in [1.29, 1.82) is 0 Å². The number of quaternary nitrogens is 1. The van der Waals surface area contributed by atoms with Crippen molar-refractivity contribution in [3.63, 3.8) is 0 Å². The number of pyridine rings is 1. The maximum absolute atomic E-state index is 12.8. The molecule has 2 heterocycles. The summed E-state index contributed by atoms with van der Waals surface area (Å²) in [5, 5.41) is -0.774. The fourth-order valence-electron chi connectivity index (χ4n) is 2.48. The highest BCUT2D eigenvalue weighted by atomic mass is 35.5. The Morgan fingerprint density at radius 3 is 2.35 bits per heavy atom. The van der Waals surface area contributed by atoms with Crippen molar-refractivity contribution in [3.8, 4) is 0 Å². The molecule has 2 unspecified atom stereocenters. The van der Waals surface area contributed by atoms with Crippen LogP contribution in [0.4, 0.5) is 19.0 Å². The van der Waals surface area contributed by atoms with Gasteiger partial charge in [0.25, 0.3) is 0 Å². The van der Waals surface area contributed by atoms with Crippen LogP contribution in [-0.2, 0) is 20.5 Å². The molecule has 1 saturated heterocycles. The largest absolute Gasteiger partial charge is 0.419 e. The Morgan fingerprint density at radius 1 is 1.31 bits per heavy atom. The first kappa shape index (κ1) is 20.6. The predicted octanol–water partition coefficient (Wildman–Crippen LogP) is 3.76. The molecule has 0 bridgehead atoms. The number of hydrogen-bond acceptors (Lipinski definition) is 5. The van der Waals surface area contributed by atoms with E-state index in [4.69, 9.17) is 16.3 Å². The lowest BCUT2D eigenvalue weighted by molar-refractivity contribution is -0.778. The van der Waals surface area contributed by atoms with Crippen molar-refractivity contribution in [1.82, 2.24) is 4.98 Å². The summed E-state index contributed by atoms with van der Waals surface area (Å²) in [4.78, 5) is 28.8. The number of alkyl halides is 3. The molecule has 1 aromatic heterocycles. The van der Waals surface area contributed by atoms with Crippen LogP contribution < -0.4 is 5.43 Å². The number of halogens is 4. The molecule has 1 aliphatic rings. The number of aromatic nitrogens is 1. The number of nitrogens with zero attached hydrogens (tertiary/aromatic N) is 2. The number of likely N-dealkylation sites (tertiary alicyclic amines) is 1. The number of carbonyl (C=O) groups is 2. The van der Waals surface area contributed by atoms with Crippen molar-refractivity contribution in [3.05, 3.63) is 22.8 Å². The molecule has 10 heteroatoms. The molecule has 6 nitrogen and oxygen atoms in total. The molecule has 1 aromatic rings. The first-order valence-electron chi connectivity index (χ1n) is 7.88. The number of rotatable bonds is 4. The topological polar surface area (TPSA) is 68.3 Å². The highest BCUT2D eigenvalue weighted by Crippen LogP contribution is 2.35. The molecule has 0 aliphatic carbocycles. The number of carbonyl (C=O) groups excluding carboxylic acids is 2. The molecule has 144 valence electrons. The highest BCUT2D eigenvalue weighted by molar-refractivity contribution is 6.30. The first-order valence-corrected chi connectivity index (χ1v) is 8.26. The molecule has 1 N–H and O–H groups in total. The van der Waals surface area contributed by atoms with Crippen LogP contribution in [0.3, 0.4) is 0 Å². The smallest absolute Gasteiger partial charge is 0.323 e. The van der Waals surface area contributed by atoms with Gasteiger partial charge in [-0.1, -0.05) is 16.2 Å². The molecule has 0 radical (unpaired) electrons. The third-order valence-corrected chi connectivity index (χ3v) is 4.14. The average Bonchev–Trinajstić information content (AvgIpc) is 2.67. The molecule has 0 spiro atoms. The normalized spacial score (nSPS) is 24.2. The van der Waals surface area contributed by atoms with Crippen LogP contribution in [0, 0.1) is 5.92 Å². The number of anilines is 1. The van der Waals surface area contributed by atoms with Crippen LogP contribution in [0.1, 0.15) is 39.7 Å². The zero-order chi connectivity index (χ0) is 19.9. The van der Waals surface area contributed by atoms with E-state index in [1.165, 1.54) is 0 Å². The fraction of sp³-hybridized carbons (Fsp3) is 0.562. The summed E-state index contributed by atoms with van der Waals surface area (Å²) in [6.07, 6.45) is -4.66. The number of ether oxygens (including phenoxy) is 1. The lowest BCUT2D eigenvalue weighted by atomic mass is 10.1. The van der Waals surface area contributed by atoms with Gasteiger partial charge in [-0.05, 0) is 39.8 Å². The minimum Gasteiger partial charge on any atom is -0.323 e. The van der Waals surface area contributed by atoms with E-state index in [0.717, 1.165) is 12.1 Å². The van der Waals surface area contributed by atoms with Gasteiger partial charge in [0.05, 0.1) is 23.5 Å². The van der Waals surface area contributed by atoms with E-state index in [-0.39, 0.29) is 19.0 Å². The Kier molecular flexibility index (Phi) is 5.38. The van der Waals surface area contributed by atoms with Crippen molar-refractivity contribution in [2.45, 2.75) is 45.9 Å². The molecule has 0 saturated carbocycles. The van der Waals surface area contributed by atoms with E-state index in [2.05, 4.69) is 10.4 Å². The second-order valence-electron chi connectivity index (χ2n) is 7.18. The lowest BCUT2D eigenvalue weighted by Gasteiger charge is -2.31. The van der Waals surface area contributed by atoms with Gasteiger partial charge >= 0.3 is 18.0 Å². The Hall–Kier alpha value is -1.71. The molecule has 0 aromatic carbocycles. The zero-order valence-corrected chi connectivity index (χ0v) is 15.5. The second-order valence-corrected chi connectivity index (χ2v) is 7.54. The molecular weight excluding hydrogens is 375 g/mol. The van der Waals surface area contributed by atoms with Crippen molar-refractivity contribution < 1.29 is 32.1 Å². The van der Waals surface area contributed by atoms with Crippen molar-refractivity contribution >= 4 is 29.2 Å². The molecule has 26 heavy (non-hydrogen) atoms. The van der Waals surface area contributed by atoms with Gasteiger partial charge in [0.2, 0.25) is 6.73 Å². The van der Waals surface area contributed by atoms with Crippen molar-refractivity contribution in [2.24, 2.45) is 5.92 Å². The van der Waals surface area contributed by atoms with E-state index in [0.29, 0.717) is 0 Å². The Bertz CT molecular complexity index is 734. The summed E-state index contributed by atoms with van der Waals surface area (Å²) < 4.78 is 43.2. The Labute approximate surface area is 153 Å². The van der Waals surface area contributed by atoms with E-state index in [1.54, 1.807) is 27.7 Å². The van der Waals surface area contributed by atoms with Gasteiger partial charge in [-0.2, -0.15) is 13.2 Å². The van der Waals surface area contributed by atoms with E-state index >= 15 is 0 Å². The highest BCUT2D eigenvalue weighted by Gasteiger charge is 2.56. The quantitative estimate of drug-likeness (QED) is 0.478. The summed E-state index contributed by atoms with van der Waals surface area (Å²) in [7, 11) is 0. The predicted molar refractivity (Wildman–Crippen MR) is 87.6 cm³/mol. The van der Waals surface area contributed by atoms with Gasteiger partial charge in [0.1, 0.15) is 5.15 Å². The summed E-state index contributed by atoms with van der Waals surface area (Å²) in [5.74, 6) is -1.58. The van der Waals surface area contributed by atoms with Crippen LogP contribution in [0.25, 0.3) is 0 Å². The monoisotopic (exact) mass is 394 g/mol. The molecule has 2 atom stereocenters. The van der Waals surface area contributed by atoms with Gasteiger partial charge in [-0.25, -0.2) is 20.0 Å². The number of amides is 2. The number of imide groups is 1. The Morgan fingerprint density at radius 2 is 1.92 bits per heavy atom. The standard InChI is InChI=1S/C16H20ClF3N3O3/c1-9-7-12(24)23(14(9)25,8-26-15(2,3)4)22-11-6-5-10(13(17)21-11)16(18,19)20/h5-6,9H,7-8H2,1-4H3,(H,21,22)/q+1. The van der Waals surface area contributed by atoms with Gasteiger partial charge in [0, 0.05) is 0 Å². The van der Waals surface area contributed by atoms with Crippen molar-refractivity contribution in [2.75, 3.05) is 12.2 Å². The summed E-state index contributed by atoms with van der Waals surface area (Å²) in [6, 6.07) is 1.77. The van der Waals surface area contributed by atoms with Gasteiger partial charge < -0.3 is 4.74 Å². The molecule has 2 amide bonds. The summed E-state index contributed by atoms with van der Waals surface area (Å²) >= 11 is 5.62. The summed E-state index contributed by atoms with van der Waals surface area (Å²) in [5.41, 5.74) is 0.890. The number of hydrogen-bond donors (Lipinski definition) is 1. The van der Waals surface area contributed by atoms with Crippen LogP contribution in [-0.4, -0.2) is 33.7 Å².